The Kier molecular flexibility index (Phi) is 13.5. The van der Waals surface area contributed by atoms with Gasteiger partial charge in [0.15, 0.2) is 11.5 Å². The molecule has 1 aromatic carbocycles. The van der Waals surface area contributed by atoms with Crippen molar-refractivity contribution in [1.29, 1.82) is 0 Å². The van der Waals surface area contributed by atoms with Crippen molar-refractivity contribution in [2.75, 3.05) is 18.8 Å². The van der Waals surface area contributed by atoms with E-state index in [1.165, 1.54) is 6.07 Å². The van der Waals surface area contributed by atoms with Crippen molar-refractivity contribution in [2.45, 2.75) is 48.7 Å². The minimum atomic E-state index is -1.38. The molecule has 0 fully saturated rings. The number of amides is 3. The van der Waals surface area contributed by atoms with E-state index >= 15 is 0 Å². The molecule has 0 aliphatic carbocycles. The van der Waals surface area contributed by atoms with Crippen LogP contribution in [0.2, 0.25) is 0 Å². The molecule has 1 rings (SSSR count). The van der Waals surface area contributed by atoms with Crippen LogP contribution < -0.4 is 27.4 Å². The molecular weight excluding hydrogens is 542 g/mol. The Labute approximate surface area is 226 Å². The number of benzene rings is 1. The Morgan fingerprint density at radius 2 is 1.51 bits per heavy atom. The second-order valence-electron chi connectivity index (χ2n) is 8.19. The first kappa shape index (κ1) is 32.9. The zero-order chi connectivity index (χ0) is 29.7. The largest absolute Gasteiger partial charge is 0.504 e. The van der Waals surface area contributed by atoms with E-state index in [2.05, 4.69) is 16.0 Å². The van der Waals surface area contributed by atoms with Gasteiger partial charge in [0.25, 0.3) is 0 Å². The summed E-state index contributed by atoms with van der Waals surface area (Å²) in [5.74, 6) is -7.79. The molecule has 0 unspecified atom stereocenters. The smallest absolute Gasteiger partial charge is 0.326 e. The topological polar surface area (TPSA) is 292 Å². The molecule has 216 valence electrons. The van der Waals surface area contributed by atoms with Gasteiger partial charge in [-0.25, -0.2) is 4.79 Å². The molecule has 0 spiro atoms. The van der Waals surface area contributed by atoms with Gasteiger partial charge in [-0.1, -0.05) is 0 Å². The Hall–Kier alpha value is -4.09. The highest BCUT2D eigenvalue weighted by Gasteiger charge is 2.25. The van der Waals surface area contributed by atoms with Crippen LogP contribution in [-0.4, -0.2) is 98.1 Å². The van der Waals surface area contributed by atoms with Crippen LogP contribution in [0.4, 0.5) is 0 Å². The second kappa shape index (κ2) is 16.0. The second-order valence-corrected chi connectivity index (χ2v) is 9.25. The minimum Gasteiger partial charge on any atom is -0.504 e. The molecule has 3 atom stereocenters. The van der Waals surface area contributed by atoms with Crippen LogP contribution in [0.1, 0.15) is 24.8 Å². The maximum absolute atomic E-state index is 12.5. The van der Waals surface area contributed by atoms with Gasteiger partial charge in [0, 0.05) is 31.6 Å². The number of aliphatic carboxylic acids is 3. The Bertz CT molecular complexity index is 1080. The number of phenols is 2. The quantitative estimate of drug-likeness (QED) is 0.0682. The lowest BCUT2D eigenvalue weighted by molar-refractivity contribution is -0.141. The first-order valence-electron chi connectivity index (χ1n) is 11.4. The van der Waals surface area contributed by atoms with Gasteiger partial charge in [-0.3, -0.25) is 24.0 Å². The van der Waals surface area contributed by atoms with E-state index in [-0.39, 0.29) is 48.4 Å². The van der Waals surface area contributed by atoms with Crippen molar-refractivity contribution in [3.63, 3.8) is 0 Å². The van der Waals surface area contributed by atoms with Crippen molar-refractivity contribution in [3.05, 3.63) is 17.7 Å². The van der Waals surface area contributed by atoms with Crippen LogP contribution in [0.5, 0.6) is 11.5 Å². The molecule has 0 aliphatic heterocycles. The first-order valence-corrected chi connectivity index (χ1v) is 12.4. The number of carboxylic acids is 3. The molecule has 0 aliphatic rings. The lowest BCUT2D eigenvalue weighted by Crippen LogP contribution is -2.49. The summed E-state index contributed by atoms with van der Waals surface area (Å²) in [6.07, 6.45) is -0.975. The summed E-state index contributed by atoms with van der Waals surface area (Å²) in [5.41, 5.74) is 10.9. The number of aromatic hydroxyl groups is 2. The molecule has 0 bridgehead atoms. The number of hydrogen-bond donors (Lipinski definition) is 10. The van der Waals surface area contributed by atoms with Crippen LogP contribution in [-0.2, 0) is 35.2 Å². The number of nitrogens with two attached hydrogens (primary N) is 2. The van der Waals surface area contributed by atoms with Gasteiger partial charge >= 0.3 is 17.9 Å². The standard InChI is InChI=1S/C22H31N5O11S/c23-4-3-17(30)26-12(22(37)38)5-10-6-14(28)19(33)15(7-10)39-9-13(20(34)25-8-18(31)32)27-16(29)2-1-11(24)21(35)36/h6-7,11-13,28,33H,1-5,8-9,23-24H2,(H,25,34)(H,26,30)(H,27,29)(H,31,32)(H,35,36)(H,37,38)/t11-,12+,13+/m0/s1. The third-order valence-corrected chi connectivity index (χ3v) is 6.15. The Morgan fingerprint density at radius 3 is 2.08 bits per heavy atom. The van der Waals surface area contributed by atoms with Gasteiger partial charge in [0.05, 0.1) is 4.90 Å². The van der Waals surface area contributed by atoms with Gasteiger partial charge in [0.2, 0.25) is 17.7 Å². The lowest BCUT2D eigenvalue weighted by Gasteiger charge is -2.19. The van der Waals surface area contributed by atoms with Gasteiger partial charge in [-0.15, -0.1) is 11.8 Å². The summed E-state index contributed by atoms with van der Waals surface area (Å²) < 4.78 is 0. The number of thioether (sulfide) groups is 1. The maximum atomic E-state index is 12.5. The van der Waals surface area contributed by atoms with Crippen molar-refractivity contribution in [3.8, 4) is 11.5 Å². The van der Waals surface area contributed by atoms with Crippen molar-refractivity contribution in [1.82, 2.24) is 16.0 Å². The van der Waals surface area contributed by atoms with E-state index in [9.17, 15) is 44.1 Å². The zero-order valence-electron chi connectivity index (χ0n) is 20.6. The molecule has 0 heterocycles. The lowest BCUT2D eigenvalue weighted by atomic mass is 10.0. The molecule has 39 heavy (non-hydrogen) atoms. The predicted molar refractivity (Wildman–Crippen MR) is 135 cm³/mol. The summed E-state index contributed by atoms with van der Waals surface area (Å²) >= 11 is 0.772. The predicted octanol–water partition coefficient (Wildman–Crippen LogP) is -2.47. The van der Waals surface area contributed by atoms with E-state index in [4.69, 9.17) is 21.7 Å². The van der Waals surface area contributed by atoms with Crippen LogP contribution >= 0.6 is 11.8 Å². The van der Waals surface area contributed by atoms with Crippen LogP contribution in [0.3, 0.4) is 0 Å². The van der Waals surface area contributed by atoms with Crippen LogP contribution in [0, 0.1) is 0 Å². The summed E-state index contributed by atoms with van der Waals surface area (Å²) in [4.78, 5) is 69.8. The first-order chi connectivity index (χ1) is 18.2. The normalized spacial score (nSPS) is 13.0. The van der Waals surface area contributed by atoms with Gasteiger partial charge in [-0.05, 0) is 24.1 Å². The monoisotopic (exact) mass is 573 g/mol. The van der Waals surface area contributed by atoms with Gasteiger partial charge < -0.3 is 53.0 Å². The Balaban J connectivity index is 3.07. The maximum Gasteiger partial charge on any atom is 0.326 e. The molecule has 1 aromatic rings. The molecule has 17 heteroatoms. The molecule has 3 amide bonds. The highest BCUT2D eigenvalue weighted by atomic mass is 32.2. The molecule has 12 N–H and O–H groups in total. The summed E-state index contributed by atoms with van der Waals surface area (Å²) in [5, 5.41) is 54.2. The number of nitrogens with one attached hydrogen (secondary N) is 3. The summed E-state index contributed by atoms with van der Waals surface area (Å²) in [6, 6.07) is -1.64. The molecule has 0 saturated heterocycles. The fourth-order valence-corrected chi connectivity index (χ4v) is 4.09. The number of phenolic OH excluding ortho intramolecular Hbond substituents is 2. The fraction of sp³-hybridized carbons (Fsp3) is 0.455. The van der Waals surface area contributed by atoms with E-state index in [0.717, 1.165) is 17.8 Å². The van der Waals surface area contributed by atoms with Gasteiger partial charge in [0.1, 0.15) is 24.7 Å². The summed E-state index contributed by atoms with van der Waals surface area (Å²) in [6.45, 7) is -0.753. The fourth-order valence-electron chi connectivity index (χ4n) is 3.03. The highest BCUT2D eigenvalue weighted by molar-refractivity contribution is 7.99. The van der Waals surface area contributed by atoms with E-state index in [1.54, 1.807) is 0 Å². The number of hydrogen-bond acceptors (Lipinski definition) is 11. The van der Waals surface area contributed by atoms with Crippen LogP contribution in [0.15, 0.2) is 17.0 Å². The van der Waals surface area contributed by atoms with Crippen molar-refractivity contribution >= 4 is 47.4 Å². The van der Waals surface area contributed by atoms with Gasteiger partial charge in [-0.2, -0.15) is 0 Å². The molecule has 0 aromatic heterocycles. The molecular formula is C22H31N5O11S. The van der Waals surface area contributed by atoms with Crippen molar-refractivity contribution in [2.24, 2.45) is 11.5 Å². The summed E-state index contributed by atoms with van der Waals surface area (Å²) in [7, 11) is 0. The number of carbonyl (C=O) groups is 6. The minimum absolute atomic E-state index is 0.00304. The van der Waals surface area contributed by atoms with E-state index in [0.29, 0.717) is 0 Å². The highest BCUT2D eigenvalue weighted by Crippen LogP contribution is 2.37. The average Bonchev–Trinajstić information content (AvgIpc) is 2.85. The molecule has 16 nitrogen and oxygen atoms in total. The number of carboxylic acid groups (broad SMARTS) is 3. The third-order valence-electron chi connectivity index (χ3n) is 5.03. The van der Waals surface area contributed by atoms with E-state index in [1.807, 2.05) is 0 Å². The average molecular weight is 574 g/mol. The zero-order valence-corrected chi connectivity index (χ0v) is 21.4. The third kappa shape index (κ3) is 11.9. The Morgan fingerprint density at radius 1 is 0.897 bits per heavy atom. The molecule has 0 saturated carbocycles. The van der Waals surface area contributed by atoms with Crippen molar-refractivity contribution < 1.29 is 54.3 Å². The number of rotatable bonds is 17. The SMILES string of the molecule is NCCC(=O)N[C@H](Cc1cc(O)c(O)c(SC[C@@H](NC(=O)CC[C@H](N)C(=O)O)C(=O)NCC(=O)O)c1)C(=O)O. The number of carbonyl (C=O) groups excluding carboxylic acids is 3. The van der Waals surface area contributed by atoms with Crippen LogP contribution in [0.25, 0.3) is 0 Å². The van der Waals surface area contributed by atoms with E-state index < -0.39 is 71.8 Å². The molecule has 0 radical (unpaired) electrons.